The third-order valence-corrected chi connectivity index (χ3v) is 5.74. The smallest absolute Gasteiger partial charge is 0.273 e. The fourth-order valence-corrected chi connectivity index (χ4v) is 3.82. The number of carbonyl (C=O) groups excluding carboxylic acids is 1. The minimum Gasteiger partial charge on any atom is -0.493 e. The zero-order valence-electron chi connectivity index (χ0n) is 18.2. The second-order valence-corrected chi connectivity index (χ2v) is 8.02. The highest BCUT2D eigenvalue weighted by atomic mass is 35.5. The van der Waals surface area contributed by atoms with Crippen LogP contribution in [-0.2, 0) is 6.61 Å². The molecular weight excluding hydrogens is 473 g/mol. The number of hydrogen-bond acceptors (Lipinski definition) is 4. The Morgan fingerprint density at radius 2 is 1.71 bits per heavy atom. The number of halogens is 2. The molecule has 4 aromatic rings. The number of ether oxygens (including phenoxy) is 2. The number of amides is 1. The average molecular weight is 494 g/mol. The van der Waals surface area contributed by atoms with Crippen molar-refractivity contribution in [2.75, 3.05) is 7.11 Å². The molecule has 0 bridgehead atoms. The predicted octanol–water partition coefficient (Wildman–Crippen LogP) is 6.14. The fraction of sp³-hybridized carbons (Fsp3) is 0.0769. The van der Waals surface area contributed by atoms with Gasteiger partial charge < -0.3 is 14.0 Å². The second-order valence-electron chi connectivity index (χ2n) is 7.21. The van der Waals surface area contributed by atoms with Crippen molar-refractivity contribution < 1.29 is 14.3 Å². The molecule has 34 heavy (non-hydrogen) atoms. The van der Waals surface area contributed by atoms with Gasteiger partial charge in [-0.25, -0.2) is 5.43 Å². The second kappa shape index (κ2) is 10.9. The Morgan fingerprint density at radius 1 is 0.971 bits per heavy atom. The molecule has 0 saturated heterocycles. The van der Waals surface area contributed by atoms with Crippen molar-refractivity contribution in [3.05, 3.63) is 112 Å². The molecule has 0 saturated carbocycles. The highest BCUT2D eigenvalue weighted by Gasteiger charge is 2.12. The molecule has 8 heteroatoms. The van der Waals surface area contributed by atoms with Gasteiger partial charge in [0.05, 0.1) is 24.6 Å². The van der Waals surface area contributed by atoms with Crippen molar-refractivity contribution in [1.29, 1.82) is 0 Å². The van der Waals surface area contributed by atoms with Crippen LogP contribution in [0.15, 0.2) is 90.3 Å². The molecule has 6 nitrogen and oxygen atoms in total. The molecule has 0 aliphatic heterocycles. The number of methoxy groups -OCH3 is 1. The van der Waals surface area contributed by atoms with E-state index in [9.17, 15) is 4.79 Å². The van der Waals surface area contributed by atoms with Crippen LogP contribution in [0.1, 0.15) is 21.5 Å². The minimum absolute atomic E-state index is 0.169. The largest absolute Gasteiger partial charge is 0.493 e. The quantitative estimate of drug-likeness (QED) is 0.237. The van der Waals surface area contributed by atoms with Crippen LogP contribution in [0.2, 0.25) is 10.0 Å². The van der Waals surface area contributed by atoms with E-state index in [-0.39, 0.29) is 12.5 Å². The van der Waals surface area contributed by atoms with Gasteiger partial charge in [-0.3, -0.25) is 4.79 Å². The predicted molar refractivity (Wildman–Crippen MR) is 135 cm³/mol. The molecule has 3 aromatic carbocycles. The SMILES string of the molecule is COc1ccc(/C=N\NC(=O)c2ccccc2-n2cccc2)cc1OCc1c(Cl)cccc1Cl. The number of nitrogens with one attached hydrogen (secondary N) is 1. The van der Waals surface area contributed by atoms with E-state index in [0.717, 1.165) is 5.69 Å². The van der Waals surface area contributed by atoms with E-state index < -0.39 is 0 Å². The van der Waals surface area contributed by atoms with Gasteiger partial charge in [0.15, 0.2) is 11.5 Å². The zero-order chi connectivity index (χ0) is 23.9. The molecule has 0 fully saturated rings. The lowest BCUT2D eigenvalue weighted by atomic mass is 10.1. The summed E-state index contributed by atoms with van der Waals surface area (Å²) >= 11 is 12.5. The Morgan fingerprint density at radius 3 is 2.44 bits per heavy atom. The van der Waals surface area contributed by atoms with Gasteiger partial charge in [-0.1, -0.05) is 41.4 Å². The van der Waals surface area contributed by atoms with Crippen molar-refractivity contribution in [2.24, 2.45) is 5.10 Å². The Labute approximate surface area is 207 Å². The molecule has 0 unspecified atom stereocenters. The van der Waals surface area contributed by atoms with Crippen molar-refractivity contribution in [2.45, 2.75) is 6.61 Å². The number of rotatable bonds is 8. The van der Waals surface area contributed by atoms with E-state index in [0.29, 0.717) is 38.2 Å². The molecular formula is C26H21Cl2N3O3. The van der Waals surface area contributed by atoms with Crippen LogP contribution < -0.4 is 14.9 Å². The first-order chi connectivity index (χ1) is 16.6. The highest BCUT2D eigenvalue weighted by Crippen LogP contribution is 2.31. The number of benzene rings is 3. The molecule has 172 valence electrons. The van der Waals surface area contributed by atoms with E-state index in [1.165, 1.54) is 6.21 Å². The van der Waals surface area contributed by atoms with E-state index in [1.807, 2.05) is 47.3 Å². The summed E-state index contributed by atoms with van der Waals surface area (Å²) in [6.07, 6.45) is 5.29. The number of carbonyl (C=O) groups is 1. The summed E-state index contributed by atoms with van der Waals surface area (Å²) in [5, 5.41) is 5.15. The van der Waals surface area contributed by atoms with Gasteiger partial charge in [0, 0.05) is 28.0 Å². The van der Waals surface area contributed by atoms with Gasteiger partial charge in [-0.2, -0.15) is 5.10 Å². The van der Waals surface area contributed by atoms with Gasteiger partial charge in [0.25, 0.3) is 5.91 Å². The molecule has 1 heterocycles. The van der Waals surface area contributed by atoms with Crippen molar-refractivity contribution in [3.8, 4) is 17.2 Å². The van der Waals surface area contributed by atoms with E-state index in [1.54, 1.807) is 49.6 Å². The molecule has 0 spiro atoms. The van der Waals surface area contributed by atoms with Crippen LogP contribution >= 0.6 is 23.2 Å². The van der Waals surface area contributed by atoms with Gasteiger partial charge in [0.2, 0.25) is 0 Å². The number of hydrogen-bond donors (Lipinski definition) is 1. The topological polar surface area (TPSA) is 64.8 Å². The summed E-state index contributed by atoms with van der Waals surface area (Å²) in [4.78, 5) is 12.7. The summed E-state index contributed by atoms with van der Waals surface area (Å²) in [5.41, 5.74) is 5.24. The minimum atomic E-state index is -0.320. The first kappa shape index (κ1) is 23.4. The number of nitrogens with zero attached hydrogens (tertiary/aromatic N) is 2. The molecule has 0 radical (unpaired) electrons. The Balaban J connectivity index is 1.47. The summed E-state index contributed by atoms with van der Waals surface area (Å²) in [5.74, 6) is 0.718. The zero-order valence-corrected chi connectivity index (χ0v) is 19.8. The molecule has 4 rings (SSSR count). The van der Waals surface area contributed by atoms with Crippen LogP contribution in [0.5, 0.6) is 11.5 Å². The Bertz CT molecular complexity index is 1300. The monoisotopic (exact) mass is 493 g/mol. The average Bonchev–Trinajstić information content (AvgIpc) is 3.39. The summed E-state index contributed by atoms with van der Waals surface area (Å²) in [7, 11) is 1.56. The van der Waals surface area contributed by atoms with Crippen molar-refractivity contribution in [1.82, 2.24) is 9.99 Å². The van der Waals surface area contributed by atoms with E-state index >= 15 is 0 Å². The van der Waals surface area contributed by atoms with E-state index in [4.69, 9.17) is 32.7 Å². The fourth-order valence-electron chi connectivity index (χ4n) is 3.32. The van der Waals surface area contributed by atoms with Crippen LogP contribution in [-0.4, -0.2) is 23.8 Å². The number of para-hydroxylation sites is 1. The molecule has 0 aliphatic rings. The first-order valence-corrected chi connectivity index (χ1v) is 11.1. The van der Waals surface area contributed by atoms with Crippen LogP contribution in [0.3, 0.4) is 0 Å². The third kappa shape index (κ3) is 5.42. The molecule has 0 atom stereocenters. The summed E-state index contributed by atoms with van der Waals surface area (Å²) < 4.78 is 13.2. The van der Waals surface area contributed by atoms with Crippen LogP contribution in [0.4, 0.5) is 0 Å². The van der Waals surface area contributed by atoms with Crippen molar-refractivity contribution in [3.63, 3.8) is 0 Å². The third-order valence-electron chi connectivity index (χ3n) is 5.03. The maximum Gasteiger partial charge on any atom is 0.273 e. The number of hydrazone groups is 1. The molecule has 1 amide bonds. The van der Waals surface area contributed by atoms with Crippen LogP contribution in [0, 0.1) is 0 Å². The van der Waals surface area contributed by atoms with Crippen LogP contribution in [0.25, 0.3) is 5.69 Å². The van der Waals surface area contributed by atoms with Gasteiger partial charge >= 0.3 is 0 Å². The highest BCUT2D eigenvalue weighted by molar-refractivity contribution is 6.35. The lowest BCUT2D eigenvalue weighted by Gasteiger charge is -2.13. The molecule has 1 N–H and O–H groups in total. The first-order valence-electron chi connectivity index (χ1n) is 10.4. The summed E-state index contributed by atoms with van der Waals surface area (Å²) in [6.45, 7) is 0.169. The molecule has 0 aliphatic carbocycles. The Kier molecular flexibility index (Phi) is 7.52. The van der Waals surface area contributed by atoms with E-state index in [2.05, 4.69) is 10.5 Å². The maximum absolute atomic E-state index is 12.7. The lowest BCUT2D eigenvalue weighted by Crippen LogP contribution is -2.19. The normalized spacial score (nSPS) is 10.9. The standard InChI is InChI=1S/C26H21Cl2N3O3/c1-33-24-12-11-18(15-25(24)34-17-20-21(27)8-6-9-22(20)28)16-29-30-26(32)19-7-2-3-10-23(19)31-13-4-5-14-31/h2-16H,17H2,1H3,(H,30,32)/b29-16-. The van der Waals surface area contributed by atoms with Gasteiger partial charge in [-0.05, 0) is 60.2 Å². The Hall–Kier alpha value is -3.74. The van der Waals surface area contributed by atoms with Crippen molar-refractivity contribution >= 4 is 35.3 Å². The lowest BCUT2D eigenvalue weighted by molar-refractivity contribution is 0.0955. The molecule has 1 aromatic heterocycles. The van der Waals surface area contributed by atoms with Gasteiger partial charge in [0.1, 0.15) is 6.61 Å². The van der Waals surface area contributed by atoms with Gasteiger partial charge in [-0.15, -0.1) is 0 Å². The number of aromatic nitrogens is 1. The summed E-state index contributed by atoms with van der Waals surface area (Å²) in [6, 6.07) is 21.7. The maximum atomic E-state index is 12.7.